The van der Waals surface area contributed by atoms with Crippen molar-refractivity contribution in [3.63, 3.8) is 0 Å². The molecular formula is C13H21N3O3S. The number of sulfonamides is 1. The average Bonchev–Trinajstić information content (AvgIpc) is 2.47. The summed E-state index contributed by atoms with van der Waals surface area (Å²) in [5.74, 6) is 0. The summed E-state index contributed by atoms with van der Waals surface area (Å²) >= 11 is 0. The van der Waals surface area contributed by atoms with Crippen LogP contribution < -0.4 is 5.32 Å². The number of anilines is 1. The lowest BCUT2D eigenvalue weighted by atomic mass is 9.93. The first kappa shape index (κ1) is 15.2. The van der Waals surface area contributed by atoms with E-state index in [1.54, 1.807) is 19.3 Å². The van der Waals surface area contributed by atoms with E-state index >= 15 is 0 Å². The topological polar surface area (TPSA) is 82.5 Å². The maximum atomic E-state index is 12.7. The summed E-state index contributed by atoms with van der Waals surface area (Å²) in [5, 5.41) is 12.9. The van der Waals surface area contributed by atoms with E-state index < -0.39 is 16.1 Å². The van der Waals surface area contributed by atoms with Gasteiger partial charge < -0.3 is 10.4 Å². The van der Waals surface area contributed by atoms with Crippen molar-refractivity contribution in [1.82, 2.24) is 9.29 Å². The predicted molar refractivity (Wildman–Crippen MR) is 77.0 cm³/mol. The molecule has 0 saturated heterocycles. The number of hydrogen-bond acceptors (Lipinski definition) is 5. The molecular weight excluding hydrogens is 278 g/mol. The summed E-state index contributed by atoms with van der Waals surface area (Å²) in [6, 6.07) is 1.26. The van der Waals surface area contributed by atoms with Crippen molar-refractivity contribution >= 4 is 15.7 Å². The largest absolute Gasteiger partial charge is 0.391 e. The SMILES string of the molecule is CNc1ccncc1S(=O)(=O)N(C)C1CCCCC1O. The van der Waals surface area contributed by atoms with E-state index in [0.29, 0.717) is 18.5 Å². The minimum atomic E-state index is -3.67. The van der Waals surface area contributed by atoms with Gasteiger partial charge in [-0.15, -0.1) is 0 Å². The van der Waals surface area contributed by atoms with Crippen LogP contribution in [0.2, 0.25) is 0 Å². The molecule has 6 nitrogen and oxygen atoms in total. The molecule has 1 fully saturated rings. The minimum absolute atomic E-state index is 0.141. The fraction of sp³-hybridized carbons (Fsp3) is 0.615. The quantitative estimate of drug-likeness (QED) is 0.868. The molecule has 0 radical (unpaired) electrons. The maximum Gasteiger partial charge on any atom is 0.246 e. The number of hydrogen-bond donors (Lipinski definition) is 2. The third-order valence-corrected chi connectivity index (χ3v) is 5.78. The Kier molecular flexibility index (Phi) is 4.62. The van der Waals surface area contributed by atoms with Crippen LogP contribution in [0.1, 0.15) is 25.7 Å². The van der Waals surface area contributed by atoms with Gasteiger partial charge in [-0.2, -0.15) is 4.31 Å². The number of nitrogens with one attached hydrogen (secondary N) is 1. The first-order valence-corrected chi connectivity index (χ1v) is 8.20. The molecule has 7 heteroatoms. The number of likely N-dealkylation sites (N-methyl/N-ethyl adjacent to an activating group) is 1. The first-order valence-electron chi connectivity index (χ1n) is 6.76. The molecule has 0 aliphatic heterocycles. The monoisotopic (exact) mass is 299 g/mol. The molecule has 2 unspecified atom stereocenters. The van der Waals surface area contributed by atoms with Gasteiger partial charge in [0.05, 0.1) is 17.8 Å². The van der Waals surface area contributed by atoms with E-state index in [9.17, 15) is 13.5 Å². The second kappa shape index (κ2) is 6.07. The normalized spacial score (nSPS) is 23.8. The molecule has 0 amide bonds. The van der Waals surface area contributed by atoms with Gasteiger partial charge in [0, 0.05) is 26.5 Å². The van der Waals surface area contributed by atoms with Crippen LogP contribution >= 0.6 is 0 Å². The van der Waals surface area contributed by atoms with Crippen LogP contribution in [0.25, 0.3) is 0 Å². The van der Waals surface area contributed by atoms with Crippen LogP contribution in [0.4, 0.5) is 5.69 Å². The third kappa shape index (κ3) is 2.79. The second-order valence-corrected chi connectivity index (χ2v) is 7.03. The average molecular weight is 299 g/mol. The van der Waals surface area contributed by atoms with Gasteiger partial charge in [-0.3, -0.25) is 4.98 Å². The minimum Gasteiger partial charge on any atom is -0.391 e. The van der Waals surface area contributed by atoms with Crippen LogP contribution in [0.3, 0.4) is 0 Å². The summed E-state index contributed by atoms with van der Waals surface area (Å²) in [6.07, 6.45) is 5.50. The van der Waals surface area contributed by atoms with E-state index in [2.05, 4.69) is 10.3 Å². The van der Waals surface area contributed by atoms with Crippen molar-refractivity contribution in [2.24, 2.45) is 0 Å². The van der Waals surface area contributed by atoms with Crippen molar-refractivity contribution in [2.75, 3.05) is 19.4 Å². The molecule has 112 valence electrons. The Morgan fingerprint density at radius 3 is 2.75 bits per heavy atom. The molecule has 1 aromatic heterocycles. The van der Waals surface area contributed by atoms with Gasteiger partial charge in [-0.1, -0.05) is 12.8 Å². The Morgan fingerprint density at radius 2 is 2.10 bits per heavy atom. The molecule has 0 aromatic carbocycles. The zero-order valence-corrected chi connectivity index (χ0v) is 12.6. The summed E-state index contributed by atoms with van der Waals surface area (Å²) in [7, 11) is -0.467. The number of aliphatic hydroxyl groups is 1. The van der Waals surface area contributed by atoms with Crippen molar-refractivity contribution in [1.29, 1.82) is 0 Å². The molecule has 0 spiro atoms. The molecule has 0 bridgehead atoms. The Labute approximate surface area is 119 Å². The van der Waals surface area contributed by atoms with Crippen LogP contribution in [0.15, 0.2) is 23.4 Å². The highest BCUT2D eigenvalue weighted by atomic mass is 32.2. The maximum absolute atomic E-state index is 12.7. The number of aliphatic hydroxyl groups excluding tert-OH is 1. The standard InChI is InChI=1S/C13H21N3O3S/c1-14-10-7-8-15-9-13(10)20(18,19)16(2)11-5-3-4-6-12(11)17/h7-9,11-12,17H,3-6H2,1-2H3,(H,14,15). The second-order valence-electron chi connectivity index (χ2n) is 5.06. The zero-order chi connectivity index (χ0) is 14.8. The van der Waals surface area contributed by atoms with Crippen LogP contribution in [0, 0.1) is 0 Å². The molecule has 2 N–H and O–H groups in total. The molecule has 2 atom stereocenters. The van der Waals surface area contributed by atoms with Crippen LogP contribution in [-0.2, 0) is 10.0 Å². The van der Waals surface area contributed by atoms with Crippen molar-refractivity contribution in [3.05, 3.63) is 18.5 Å². The summed E-state index contributed by atoms with van der Waals surface area (Å²) in [5.41, 5.74) is 0.511. The number of pyridine rings is 1. The summed E-state index contributed by atoms with van der Waals surface area (Å²) < 4.78 is 26.7. The molecule has 1 heterocycles. The highest BCUT2D eigenvalue weighted by Crippen LogP contribution is 2.29. The van der Waals surface area contributed by atoms with E-state index in [-0.39, 0.29) is 10.9 Å². The Morgan fingerprint density at radius 1 is 1.40 bits per heavy atom. The molecule has 1 aliphatic rings. The third-order valence-electron chi connectivity index (χ3n) is 3.87. The molecule has 1 aromatic rings. The van der Waals surface area contributed by atoms with Crippen molar-refractivity contribution < 1.29 is 13.5 Å². The van der Waals surface area contributed by atoms with Gasteiger partial charge in [0.15, 0.2) is 0 Å². The van der Waals surface area contributed by atoms with Gasteiger partial charge in [0.1, 0.15) is 4.90 Å². The number of rotatable bonds is 4. The van der Waals surface area contributed by atoms with E-state index in [0.717, 1.165) is 12.8 Å². The highest BCUT2D eigenvalue weighted by Gasteiger charge is 2.35. The number of aromatic nitrogens is 1. The van der Waals surface area contributed by atoms with Gasteiger partial charge >= 0.3 is 0 Å². The van der Waals surface area contributed by atoms with Gasteiger partial charge in [-0.25, -0.2) is 8.42 Å². The van der Waals surface area contributed by atoms with Gasteiger partial charge in [0.2, 0.25) is 10.0 Å². The fourth-order valence-electron chi connectivity index (χ4n) is 2.64. The Hall–Kier alpha value is -1.18. The zero-order valence-electron chi connectivity index (χ0n) is 11.8. The van der Waals surface area contributed by atoms with Crippen molar-refractivity contribution in [2.45, 2.75) is 42.7 Å². The Bertz CT molecular complexity index is 562. The molecule has 1 aliphatic carbocycles. The molecule has 2 rings (SSSR count). The Balaban J connectivity index is 2.34. The number of nitrogens with zero attached hydrogens (tertiary/aromatic N) is 2. The van der Waals surface area contributed by atoms with Crippen LogP contribution in [-0.4, -0.2) is 49.1 Å². The fourth-order valence-corrected chi connectivity index (χ4v) is 4.20. The van der Waals surface area contributed by atoms with E-state index in [1.165, 1.54) is 17.5 Å². The first-order chi connectivity index (χ1) is 9.48. The van der Waals surface area contributed by atoms with Crippen molar-refractivity contribution in [3.8, 4) is 0 Å². The summed E-state index contributed by atoms with van der Waals surface area (Å²) in [6.45, 7) is 0. The predicted octanol–water partition coefficient (Wildman–Crippen LogP) is 1.05. The van der Waals surface area contributed by atoms with Gasteiger partial charge in [-0.05, 0) is 18.9 Å². The smallest absolute Gasteiger partial charge is 0.246 e. The molecule has 20 heavy (non-hydrogen) atoms. The lowest BCUT2D eigenvalue weighted by molar-refractivity contribution is 0.0638. The lowest BCUT2D eigenvalue weighted by Gasteiger charge is -2.34. The van der Waals surface area contributed by atoms with Crippen LogP contribution in [0.5, 0.6) is 0 Å². The van der Waals surface area contributed by atoms with Gasteiger partial charge in [0.25, 0.3) is 0 Å². The highest BCUT2D eigenvalue weighted by molar-refractivity contribution is 7.89. The summed E-state index contributed by atoms with van der Waals surface area (Å²) in [4.78, 5) is 4.04. The lowest BCUT2D eigenvalue weighted by Crippen LogP contribution is -2.46. The van der Waals surface area contributed by atoms with E-state index in [4.69, 9.17) is 0 Å². The van der Waals surface area contributed by atoms with E-state index in [1.807, 2.05) is 0 Å². The molecule has 1 saturated carbocycles.